The Morgan fingerprint density at radius 1 is 1.67 bits per heavy atom. The summed E-state index contributed by atoms with van der Waals surface area (Å²) in [5.74, 6) is 0. The van der Waals surface area contributed by atoms with Crippen molar-refractivity contribution in [1.29, 1.82) is 0 Å². The van der Waals surface area contributed by atoms with Gasteiger partial charge in [-0.05, 0) is 12.8 Å². The molecular weight excluding hydrogens is 216 g/mol. The first-order valence-electron chi connectivity index (χ1n) is 4.78. The Labute approximate surface area is 91.0 Å². The summed E-state index contributed by atoms with van der Waals surface area (Å²) < 4.78 is 5.53. The fourth-order valence-electron chi connectivity index (χ4n) is 1.73. The first-order chi connectivity index (χ1) is 7.18. The summed E-state index contributed by atoms with van der Waals surface area (Å²) in [6.07, 6.45) is 1.70. The van der Waals surface area contributed by atoms with Crippen molar-refractivity contribution in [1.82, 2.24) is 0 Å². The van der Waals surface area contributed by atoms with Crippen LogP contribution in [0.2, 0.25) is 0 Å². The molecule has 15 heavy (non-hydrogen) atoms. The average Bonchev–Trinajstić information content (AvgIpc) is 2.67. The molecule has 1 aromatic rings. The molecule has 2 heterocycles. The highest BCUT2D eigenvalue weighted by atomic mass is 32.1. The Bertz CT molecular complexity index is 366. The Kier molecular flexibility index (Phi) is 2.99. The van der Waals surface area contributed by atoms with Crippen LogP contribution in [0.4, 0.5) is 5.00 Å². The summed E-state index contributed by atoms with van der Waals surface area (Å²) in [5, 5.41) is 12.4. The fraction of sp³-hybridized carbons (Fsp3) is 0.556. The van der Waals surface area contributed by atoms with Gasteiger partial charge in [-0.2, -0.15) is 0 Å². The third-order valence-corrected chi connectivity index (χ3v) is 3.38. The van der Waals surface area contributed by atoms with Crippen molar-refractivity contribution in [2.45, 2.75) is 25.0 Å². The Balaban J connectivity index is 2.17. The molecule has 1 aliphatic heterocycles. The molecule has 1 fully saturated rings. The summed E-state index contributed by atoms with van der Waals surface area (Å²) >= 11 is 1.12. The van der Waals surface area contributed by atoms with Crippen molar-refractivity contribution in [3.8, 4) is 0 Å². The van der Waals surface area contributed by atoms with Crippen molar-refractivity contribution in [3.05, 3.63) is 27.1 Å². The van der Waals surface area contributed by atoms with Crippen LogP contribution in [0.15, 0.2) is 11.4 Å². The second kappa shape index (κ2) is 4.26. The molecule has 2 rings (SSSR count). The number of nitro groups is 1. The number of nitrogens with zero attached hydrogens (tertiary/aromatic N) is 1. The predicted octanol–water partition coefficient (Wildman–Crippen LogP) is 1.84. The Morgan fingerprint density at radius 3 is 3.07 bits per heavy atom. The zero-order valence-corrected chi connectivity index (χ0v) is 8.90. The van der Waals surface area contributed by atoms with Crippen LogP contribution in [-0.4, -0.2) is 17.6 Å². The molecule has 0 saturated carbocycles. The minimum atomic E-state index is -0.386. The van der Waals surface area contributed by atoms with Gasteiger partial charge in [0.1, 0.15) is 0 Å². The van der Waals surface area contributed by atoms with E-state index in [1.807, 2.05) is 0 Å². The average molecular weight is 228 g/mol. The molecule has 1 saturated heterocycles. The standard InChI is InChI=1S/C9H12N2O3S/c10-7-2-1-3-14-9(7)6-4-8(11(12)13)15-5-6/h4-5,7,9H,1-3,10H2. The lowest BCUT2D eigenvalue weighted by Gasteiger charge is -2.28. The van der Waals surface area contributed by atoms with Gasteiger partial charge in [0.2, 0.25) is 0 Å². The van der Waals surface area contributed by atoms with E-state index in [1.54, 1.807) is 11.4 Å². The van der Waals surface area contributed by atoms with Gasteiger partial charge in [0.05, 0.1) is 11.0 Å². The number of hydrogen-bond donors (Lipinski definition) is 1. The molecule has 0 spiro atoms. The zero-order valence-electron chi connectivity index (χ0n) is 8.09. The molecule has 1 aromatic heterocycles. The lowest BCUT2D eigenvalue weighted by Crippen LogP contribution is -2.34. The molecule has 0 bridgehead atoms. The van der Waals surface area contributed by atoms with Crippen LogP contribution in [0, 0.1) is 10.1 Å². The van der Waals surface area contributed by atoms with Crippen molar-refractivity contribution in [2.24, 2.45) is 5.73 Å². The molecule has 82 valence electrons. The van der Waals surface area contributed by atoms with Crippen LogP contribution in [0.3, 0.4) is 0 Å². The fourth-order valence-corrected chi connectivity index (χ4v) is 2.48. The lowest BCUT2D eigenvalue weighted by atomic mass is 9.99. The molecule has 0 radical (unpaired) electrons. The highest BCUT2D eigenvalue weighted by Gasteiger charge is 2.26. The molecule has 6 heteroatoms. The van der Waals surface area contributed by atoms with Crippen molar-refractivity contribution in [2.75, 3.05) is 6.61 Å². The molecule has 1 aliphatic rings. The monoisotopic (exact) mass is 228 g/mol. The summed E-state index contributed by atoms with van der Waals surface area (Å²) in [4.78, 5) is 10.1. The number of nitrogens with two attached hydrogens (primary N) is 1. The van der Waals surface area contributed by atoms with E-state index >= 15 is 0 Å². The summed E-state index contributed by atoms with van der Waals surface area (Å²) in [7, 11) is 0. The molecule has 2 unspecified atom stereocenters. The van der Waals surface area contributed by atoms with Crippen molar-refractivity contribution >= 4 is 16.3 Å². The first-order valence-corrected chi connectivity index (χ1v) is 5.66. The normalized spacial score (nSPS) is 26.5. The van der Waals surface area contributed by atoms with E-state index in [9.17, 15) is 10.1 Å². The minimum absolute atomic E-state index is 0.0482. The minimum Gasteiger partial charge on any atom is -0.372 e. The molecule has 0 amide bonds. The summed E-state index contributed by atoms with van der Waals surface area (Å²) in [5.41, 5.74) is 6.74. The quantitative estimate of drug-likeness (QED) is 0.618. The number of thiophene rings is 1. The predicted molar refractivity (Wildman–Crippen MR) is 56.9 cm³/mol. The molecule has 0 aromatic carbocycles. The van der Waals surface area contributed by atoms with Crippen LogP contribution in [0.25, 0.3) is 0 Å². The van der Waals surface area contributed by atoms with Gasteiger partial charge >= 0.3 is 5.00 Å². The third kappa shape index (κ3) is 2.17. The maximum atomic E-state index is 10.5. The second-order valence-corrected chi connectivity index (χ2v) is 4.46. The van der Waals surface area contributed by atoms with Crippen LogP contribution in [0.1, 0.15) is 24.5 Å². The smallest absolute Gasteiger partial charge is 0.324 e. The van der Waals surface area contributed by atoms with E-state index in [2.05, 4.69) is 0 Å². The van der Waals surface area contributed by atoms with E-state index in [-0.39, 0.29) is 22.1 Å². The topological polar surface area (TPSA) is 78.4 Å². The highest BCUT2D eigenvalue weighted by Crippen LogP contribution is 2.33. The number of rotatable bonds is 2. The van der Waals surface area contributed by atoms with Crippen LogP contribution in [-0.2, 0) is 4.74 Å². The number of hydrogen-bond acceptors (Lipinski definition) is 5. The maximum absolute atomic E-state index is 10.5. The van der Waals surface area contributed by atoms with Gasteiger partial charge in [-0.25, -0.2) is 0 Å². The second-order valence-electron chi connectivity index (χ2n) is 3.57. The van der Waals surface area contributed by atoms with Crippen LogP contribution < -0.4 is 5.73 Å². The third-order valence-electron chi connectivity index (χ3n) is 2.48. The van der Waals surface area contributed by atoms with Crippen molar-refractivity contribution in [3.63, 3.8) is 0 Å². The summed E-state index contributed by atoms with van der Waals surface area (Å²) in [6, 6.07) is 1.51. The highest BCUT2D eigenvalue weighted by molar-refractivity contribution is 7.13. The van der Waals surface area contributed by atoms with Gasteiger partial charge in [-0.15, -0.1) is 0 Å². The summed E-state index contributed by atoms with van der Waals surface area (Å²) in [6.45, 7) is 0.683. The van der Waals surface area contributed by atoms with Gasteiger partial charge in [-0.1, -0.05) is 11.3 Å². The van der Waals surface area contributed by atoms with Crippen molar-refractivity contribution < 1.29 is 9.66 Å². The largest absolute Gasteiger partial charge is 0.372 e. The number of ether oxygens (including phenoxy) is 1. The molecule has 0 aliphatic carbocycles. The van der Waals surface area contributed by atoms with Crippen LogP contribution >= 0.6 is 11.3 Å². The van der Waals surface area contributed by atoms with E-state index in [0.29, 0.717) is 6.61 Å². The first kappa shape index (κ1) is 10.5. The van der Waals surface area contributed by atoms with E-state index < -0.39 is 0 Å². The molecule has 2 atom stereocenters. The van der Waals surface area contributed by atoms with Gasteiger partial charge in [0.15, 0.2) is 0 Å². The Hall–Kier alpha value is -0.980. The zero-order chi connectivity index (χ0) is 10.8. The molecule has 5 nitrogen and oxygen atoms in total. The van der Waals surface area contributed by atoms with Gasteiger partial charge in [-0.3, -0.25) is 10.1 Å². The Morgan fingerprint density at radius 2 is 2.47 bits per heavy atom. The van der Waals surface area contributed by atoms with E-state index in [0.717, 1.165) is 29.7 Å². The van der Waals surface area contributed by atoms with Crippen LogP contribution in [0.5, 0.6) is 0 Å². The SMILES string of the molecule is NC1CCCOC1c1csc([N+](=O)[O-])c1. The van der Waals surface area contributed by atoms with E-state index in [4.69, 9.17) is 10.5 Å². The lowest BCUT2D eigenvalue weighted by molar-refractivity contribution is -0.380. The molecular formula is C9H12N2O3S. The maximum Gasteiger partial charge on any atom is 0.324 e. The molecule has 2 N–H and O–H groups in total. The van der Waals surface area contributed by atoms with Gasteiger partial charge in [0.25, 0.3) is 0 Å². The van der Waals surface area contributed by atoms with Gasteiger partial charge < -0.3 is 10.5 Å². The van der Waals surface area contributed by atoms with Gasteiger partial charge in [0, 0.05) is 29.7 Å². The van der Waals surface area contributed by atoms with E-state index in [1.165, 1.54) is 0 Å².